The minimum atomic E-state index is 0.282. The van der Waals surface area contributed by atoms with E-state index in [-0.39, 0.29) is 5.92 Å². The van der Waals surface area contributed by atoms with E-state index >= 15 is 0 Å². The van der Waals surface area contributed by atoms with Crippen LogP contribution in [-0.2, 0) is 4.79 Å². The van der Waals surface area contributed by atoms with Gasteiger partial charge < -0.3 is 0 Å². The van der Waals surface area contributed by atoms with E-state index in [1.807, 2.05) is 12.8 Å². The van der Waals surface area contributed by atoms with Crippen molar-refractivity contribution in [3.8, 4) is 0 Å². The molecule has 11 heavy (non-hydrogen) atoms. The molecule has 0 aliphatic carbocycles. The Morgan fingerprint density at radius 1 is 1.45 bits per heavy atom. The van der Waals surface area contributed by atoms with Crippen LogP contribution >= 0.6 is 15.9 Å². The number of ketones is 1. The maximum Gasteiger partial charge on any atom is 0.132 e. The number of carbonyl (C=O) groups is 1. The van der Waals surface area contributed by atoms with Crippen molar-refractivity contribution in [1.29, 1.82) is 0 Å². The molecule has 0 radical (unpaired) electrons. The molecule has 0 saturated carbocycles. The number of carbonyl (C=O) groups excluding carboxylic acids is 1. The Bertz CT molecular complexity index is 91.6. The maximum absolute atomic E-state index is 10.6. The van der Waals surface area contributed by atoms with Crippen LogP contribution in [0.15, 0.2) is 0 Å². The highest BCUT2D eigenvalue weighted by atomic mass is 79.9. The summed E-state index contributed by atoms with van der Waals surface area (Å²) in [6.07, 6.45) is 3.43. The fourth-order valence-corrected chi connectivity index (χ4v) is 0.714. The molecule has 0 bridgehead atoms. The molecule has 1 atom stereocenters. The van der Waals surface area contributed by atoms with Gasteiger partial charge in [-0.3, -0.25) is 4.79 Å². The van der Waals surface area contributed by atoms with E-state index in [0.717, 1.165) is 6.42 Å². The molecule has 0 rings (SSSR count). The topological polar surface area (TPSA) is 17.1 Å². The van der Waals surface area contributed by atoms with Crippen LogP contribution in [0.1, 0.15) is 40.0 Å². The van der Waals surface area contributed by atoms with E-state index in [4.69, 9.17) is 0 Å². The second-order valence-electron chi connectivity index (χ2n) is 2.65. The summed E-state index contributed by atoms with van der Waals surface area (Å²) in [5.74, 6) is 2.42. The van der Waals surface area contributed by atoms with E-state index in [0.29, 0.717) is 5.78 Å². The van der Waals surface area contributed by atoms with Gasteiger partial charge in [0.25, 0.3) is 0 Å². The van der Waals surface area contributed by atoms with Crippen molar-refractivity contribution in [2.75, 3.05) is 5.83 Å². The Labute approximate surface area is 78.7 Å². The van der Waals surface area contributed by atoms with Crippen molar-refractivity contribution in [2.45, 2.75) is 40.0 Å². The van der Waals surface area contributed by atoms with Crippen LogP contribution in [0.3, 0.4) is 0 Å². The molecule has 68 valence electrons. The standard InChI is InChI=1S/C8H16O.CH3Br/c1-4-5-6-7(2)8(3)9;1-2/h7H,4-6H2,1-3H3;1H3. The number of rotatable bonds is 4. The molecule has 0 amide bonds. The van der Waals surface area contributed by atoms with Gasteiger partial charge in [0.05, 0.1) is 0 Å². The molecule has 1 unspecified atom stereocenters. The van der Waals surface area contributed by atoms with Gasteiger partial charge in [-0.1, -0.05) is 42.6 Å². The molecule has 0 fully saturated rings. The summed E-state index contributed by atoms with van der Waals surface area (Å²) >= 11 is 2.94. The number of Topliss-reactive ketones (excluding diaryl/α,β-unsaturated/α-hetero) is 1. The first-order chi connectivity index (χ1) is 5.18. The number of hydrogen-bond donors (Lipinski definition) is 0. The van der Waals surface area contributed by atoms with Crippen LogP contribution < -0.4 is 0 Å². The lowest BCUT2D eigenvalue weighted by atomic mass is 10.0. The third kappa shape index (κ3) is 10.2. The highest BCUT2D eigenvalue weighted by Gasteiger charge is 2.04. The molecule has 0 aliphatic rings. The monoisotopic (exact) mass is 222 g/mol. The molecular weight excluding hydrogens is 204 g/mol. The summed E-state index contributed by atoms with van der Waals surface area (Å²) in [5.41, 5.74) is 0. The van der Waals surface area contributed by atoms with E-state index < -0.39 is 0 Å². The Morgan fingerprint density at radius 3 is 2.18 bits per heavy atom. The average molecular weight is 223 g/mol. The van der Waals surface area contributed by atoms with Crippen LogP contribution in [0, 0.1) is 5.92 Å². The molecule has 0 saturated heterocycles. The molecule has 0 aliphatic heterocycles. The van der Waals surface area contributed by atoms with Crippen LogP contribution in [-0.4, -0.2) is 11.6 Å². The summed E-state index contributed by atoms with van der Waals surface area (Å²) in [5, 5.41) is 0. The van der Waals surface area contributed by atoms with Gasteiger partial charge in [0.2, 0.25) is 0 Å². The first-order valence-electron chi connectivity index (χ1n) is 4.06. The van der Waals surface area contributed by atoms with Gasteiger partial charge in [-0.05, 0) is 19.2 Å². The summed E-state index contributed by atoms with van der Waals surface area (Å²) in [7, 11) is 0. The van der Waals surface area contributed by atoms with Crippen molar-refractivity contribution in [3.63, 3.8) is 0 Å². The Hall–Kier alpha value is 0.150. The van der Waals surface area contributed by atoms with Crippen LogP contribution in [0.4, 0.5) is 0 Å². The Balaban J connectivity index is 0. The van der Waals surface area contributed by atoms with Crippen molar-refractivity contribution in [3.05, 3.63) is 0 Å². The van der Waals surface area contributed by atoms with Crippen molar-refractivity contribution >= 4 is 21.7 Å². The Kier molecular flexibility index (Phi) is 12.7. The maximum atomic E-state index is 10.6. The Morgan fingerprint density at radius 2 is 1.91 bits per heavy atom. The van der Waals surface area contributed by atoms with E-state index in [9.17, 15) is 4.79 Å². The molecule has 0 aromatic rings. The zero-order valence-corrected chi connectivity index (χ0v) is 9.57. The lowest BCUT2D eigenvalue weighted by molar-refractivity contribution is -0.120. The molecule has 0 aromatic carbocycles. The van der Waals surface area contributed by atoms with E-state index in [1.165, 1.54) is 12.8 Å². The number of halogens is 1. The number of unbranched alkanes of at least 4 members (excludes halogenated alkanes) is 1. The quantitative estimate of drug-likeness (QED) is 0.667. The highest BCUT2D eigenvalue weighted by molar-refractivity contribution is 9.08. The zero-order chi connectivity index (χ0) is 9.28. The SMILES string of the molecule is CBr.CCCCC(C)C(C)=O. The van der Waals surface area contributed by atoms with E-state index in [1.54, 1.807) is 6.92 Å². The lowest BCUT2D eigenvalue weighted by Gasteiger charge is -2.03. The first kappa shape index (κ1) is 13.7. The smallest absolute Gasteiger partial charge is 0.132 e. The van der Waals surface area contributed by atoms with Gasteiger partial charge in [0, 0.05) is 5.92 Å². The molecule has 0 aromatic heterocycles. The van der Waals surface area contributed by atoms with Crippen molar-refractivity contribution < 1.29 is 4.79 Å². The third-order valence-corrected chi connectivity index (χ3v) is 1.68. The zero-order valence-electron chi connectivity index (χ0n) is 7.98. The largest absolute Gasteiger partial charge is 0.300 e. The second kappa shape index (κ2) is 10.2. The van der Waals surface area contributed by atoms with Crippen molar-refractivity contribution in [1.82, 2.24) is 0 Å². The normalized spacial score (nSPS) is 11.4. The minimum Gasteiger partial charge on any atom is -0.300 e. The molecule has 2 heteroatoms. The molecule has 1 nitrogen and oxygen atoms in total. The summed E-state index contributed by atoms with van der Waals surface area (Å²) in [4.78, 5) is 10.6. The average Bonchev–Trinajstić information content (AvgIpc) is 2.03. The minimum absolute atomic E-state index is 0.282. The molecular formula is C9H19BrO. The van der Waals surface area contributed by atoms with Gasteiger partial charge in [-0.25, -0.2) is 0 Å². The van der Waals surface area contributed by atoms with Crippen LogP contribution in [0.25, 0.3) is 0 Å². The second-order valence-corrected chi connectivity index (χ2v) is 2.65. The summed E-state index contributed by atoms with van der Waals surface area (Å²) in [6, 6.07) is 0. The highest BCUT2D eigenvalue weighted by Crippen LogP contribution is 2.07. The van der Waals surface area contributed by atoms with Gasteiger partial charge in [-0.15, -0.1) is 0 Å². The molecule has 0 N–H and O–H groups in total. The molecule has 0 spiro atoms. The van der Waals surface area contributed by atoms with Gasteiger partial charge in [0.15, 0.2) is 0 Å². The molecule has 0 heterocycles. The third-order valence-electron chi connectivity index (χ3n) is 1.68. The first-order valence-corrected chi connectivity index (χ1v) is 5.65. The lowest BCUT2D eigenvalue weighted by Crippen LogP contribution is -2.05. The number of hydrogen-bond acceptors (Lipinski definition) is 1. The van der Waals surface area contributed by atoms with Crippen molar-refractivity contribution in [2.24, 2.45) is 5.92 Å². The fourth-order valence-electron chi connectivity index (χ4n) is 0.714. The van der Waals surface area contributed by atoms with Crippen LogP contribution in [0.5, 0.6) is 0 Å². The van der Waals surface area contributed by atoms with Crippen LogP contribution in [0.2, 0.25) is 0 Å². The van der Waals surface area contributed by atoms with Gasteiger partial charge in [0.1, 0.15) is 5.78 Å². The fraction of sp³-hybridized carbons (Fsp3) is 0.889. The van der Waals surface area contributed by atoms with Gasteiger partial charge >= 0.3 is 0 Å². The predicted molar refractivity (Wildman–Crippen MR) is 54.2 cm³/mol. The predicted octanol–water partition coefficient (Wildman–Crippen LogP) is 3.41. The van der Waals surface area contributed by atoms with Gasteiger partial charge in [-0.2, -0.15) is 0 Å². The summed E-state index contributed by atoms with van der Waals surface area (Å²) in [6.45, 7) is 5.81. The summed E-state index contributed by atoms with van der Waals surface area (Å²) < 4.78 is 0. The van der Waals surface area contributed by atoms with E-state index in [2.05, 4.69) is 22.9 Å². The number of alkyl halides is 1.